The molecule has 0 atom stereocenters. The molecule has 0 spiro atoms. The second kappa shape index (κ2) is 8.05. The van der Waals surface area contributed by atoms with Crippen LogP contribution in [0, 0.1) is 0 Å². The molecule has 0 fully saturated rings. The van der Waals surface area contributed by atoms with E-state index in [4.69, 9.17) is 4.74 Å². The molecule has 2 nitrogen and oxygen atoms in total. The fourth-order valence-electron chi connectivity index (χ4n) is 0.790. The van der Waals surface area contributed by atoms with Gasteiger partial charge in [0.05, 0.1) is 6.61 Å². The molecule has 0 rings (SSSR count). The molecule has 0 aliphatic carbocycles. The summed E-state index contributed by atoms with van der Waals surface area (Å²) >= 11 is 0. The standard InChI is InChI=1S/C10H16O2/c1-3-5-6-7-8-9-10(11)12-4-2/h3,5-6H,1,4,7-9H2,2H3/b6-5+. The predicted octanol–water partition coefficient (Wildman–Crippen LogP) is 2.46. The summed E-state index contributed by atoms with van der Waals surface area (Å²) < 4.78 is 4.77. The first-order valence-corrected chi connectivity index (χ1v) is 4.24. The van der Waals surface area contributed by atoms with Crippen molar-refractivity contribution in [3.05, 3.63) is 24.8 Å². The third kappa shape index (κ3) is 7.06. The fraction of sp³-hybridized carbons (Fsp3) is 0.500. The van der Waals surface area contributed by atoms with Crippen molar-refractivity contribution in [3.8, 4) is 0 Å². The minimum Gasteiger partial charge on any atom is -0.466 e. The smallest absolute Gasteiger partial charge is 0.305 e. The highest BCUT2D eigenvalue weighted by molar-refractivity contribution is 5.69. The highest BCUT2D eigenvalue weighted by Crippen LogP contribution is 1.98. The first-order valence-electron chi connectivity index (χ1n) is 4.24. The van der Waals surface area contributed by atoms with Crippen LogP contribution in [0.15, 0.2) is 24.8 Å². The number of unbranched alkanes of at least 4 members (excludes halogenated alkanes) is 1. The van der Waals surface area contributed by atoms with E-state index in [1.165, 1.54) is 0 Å². The number of hydrogen-bond donors (Lipinski definition) is 0. The molecular weight excluding hydrogens is 152 g/mol. The van der Waals surface area contributed by atoms with Gasteiger partial charge in [0.25, 0.3) is 0 Å². The minimum absolute atomic E-state index is 0.107. The molecule has 0 radical (unpaired) electrons. The van der Waals surface area contributed by atoms with Gasteiger partial charge in [0, 0.05) is 6.42 Å². The van der Waals surface area contributed by atoms with E-state index in [1.54, 1.807) is 6.08 Å². The van der Waals surface area contributed by atoms with E-state index in [0.29, 0.717) is 13.0 Å². The molecule has 0 aromatic rings. The van der Waals surface area contributed by atoms with E-state index < -0.39 is 0 Å². The van der Waals surface area contributed by atoms with Gasteiger partial charge in [-0.3, -0.25) is 4.79 Å². The molecule has 0 saturated carbocycles. The molecule has 0 aromatic heterocycles. The zero-order chi connectivity index (χ0) is 9.23. The average Bonchev–Trinajstić information content (AvgIpc) is 2.05. The first-order chi connectivity index (χ1) is 5.81. The third-order valence-electron chi connectivity index (χ3n) is 1.33. The van der Waals surface area contributed by atoms with E-state index >= 15 is 0 Å². The number of esters is 1. The van der Waals surface area contributed by atoms with Crippen LogP contribution in [0.5, 0.6) is 0 Å². The lowest BCUT2D eigenvalue weighted by molar-refractivity contribution is -0.143. The third-order valence-corrected chi connectivity index (χ3v) is 1.33. The van der Waals surface area contributed by atoms with Gasteiger partial charge in [0.15, 0.2) is 0 Å². The number of carbonyl (C=O) groups is 1. The summed E-state index contributed by atoms with van der Waals surface area (Å²) in [6, 6.07) is 0. The Morgan fingerprint density at radius 1 is 1.58 bits per heavy atom. The maximum absolute atomic E-state index is 10.8. The Morgan fingerprint density at radius 3 is 2.92 bits per heavy atom. The van der Waals surface area contributed by atoms with Crippen LogP contribution < -0.4 is 0 Å². The quantitative estimate of drug-likeness (QED) is 0.346. The zero-order valence-electron chi connectivity index (χ0n) is 7.58. The van der Waals surface area contributed by atoms with E-state index in [1.807, 2.05) is 19.1 Å². The lowest BCUT2D eigenvalue weighted by atomic mass is 10.2. The van der Waals surface area contributed by atoms with Crippen molar-refractivity contribution >= 4 is 5.97 Å². The summed E-state index contributed by atoms with van der Waals surface area (Å²) in [6.07, 6.45) is 7.87. The summed E-state index contributed by atoms with van der Waals surface area (Å²) in [5.41, 5.74) is 0. The van der Waals surface area contributed by atoms with Crippen LogP contribution in [0.1, 0.15) is 26.2 Å². The maximum atomic E-state index is 10.8. The van der Waals surface area contributed by atoms with Crippen molar-refractivity contribution in [1.29, 1.82) is 0 Å². The molecule has 0 saturated heterocycles. The molecule has 2 heteroatoms. The first kappa shape index (κ1) is 11.0. The summed E-state index contributed by atoms with van der Waals surface area (Å²) in [5, 5.41) is 0. The molecular formula is C10H16O2. The highest BCUT2D eigenvalue weighted by Gasteiger charge is 1.98. The Labute approximate surface area is 73.9 Å². The average molecular weight is 168 g/mol. The van der Waals surface area contributed by atoms with Crippen molar-refractivity contribution in [1.82, 2.24) is 0 Å². The van der Waals surface area contributed by atoms with Crippen molar-refractivity contribution < 1.29 is 9.53 Å². The van der Waals surface area contributed by atoms with E-state index in [2.05, 4.69) is 6.58 Å². The summed E-state index contributed by atoms with van der Waals surface area (Å²) in [4.78, 5) is 10.8. The van der Waals surface area contributed by atoms with Gasteiger partial charge in [-0.25, -0.2) is 0 Å². The van der Waals surface area contributed by atoms with Gasteiger partial charge >= 0.3 is 5.97 Å². The SMILES string of the molecule is C=C/C=C/CCCC(=O)OCC. The Morgan fingerprint density at radius 2 is 2.33 bits per heavy atom. The molecule has 0 aliphatic rings. The topological polar surface area (TPSA) is 26.3 Å². The highest BCUT2D eigenvalue weighted by atomic mass is 16.5. The van der Waals surface area contributed by atoms with Crippen molar-refractivity contribution in [2.75, 3.05) is 6.61 Å². The molecule has 0 amide bonds. The lowest BCUT2D eigenvalue weighted by Crippen LogP contribution is -2.02. The van der Waals surface area contributed by atoms with Crippen LogP contribution in [-0.2, 0) is 9.53 Å². The van der Waals surface area contributed by atoms with Gasteiger partial charge in [0.2, 0.25) is 0 Å². The summed E-state index contributed by atoms with van der Waals surface area (Å²) in [5.74, 6) is -0.107. The summed E-state index contributed by atoms with van der Waals surface area (Å²) in [7, 11) is 0. The van der Waals surface area contributed by atoms with Gasteiger partial charge < -0.3 is 4.74 Å². The Bertz CT molecular complexity index is 159. The Balaban J connectivity index is 3.24. The van der Waals surface area contributed by atoms with Crippen LogP contribution in [0.25, 0.3) is 0 Å². The van der Waals surface area contributed by atoms with E-state index in [-0.39, 0.29) is 5.97 Å². The number of ether oxygens (including phenoxy) is 1. The van der Waals surface area contributed by atoms with Crippen molar-refractivity contribution in [2.45, 2.75) is 26.2 Å². The number of allylic oxidation sites excluding steroid dienone is 3. The van der Waals surface area contributed by atoms with Crippen molar-refractivity contribution in [2.24, 2.45) is 0 Å². The van der Waals surface area contributed by atoms with Crippen molar-refractivity contribution in [3.63, 3.8) is 0 Å². The normalized spacial score (nSPS) is 10.1. The largest absolute Gasteiger partial charge is 0.466 e. The van der Waals surface area contributed by atoms with Gasteiger partial charge in [-0.2, -0.15) is 0 Å². The number of hydrogen-bond acceptors (Lipinski definition) is 2. The van der Waals surface area contributed by atoms with Crippen LogP contribution in [0.2, 0.25) is 0 Å². The maximum Gasteiger partial charge on any atom is 0.305 e. The predicted molar refractivity (Wildman–Crippen MR) is 49.8 cm³/mol. The van der Waals surface area contributed by atoms with E-state index in [0.717, 1.165) is 12.8 Å². The van der Waals surface area contributed by atoms with Crippen LogP contribution in [0.3, 0.4) is 0 Å². The molecule has 68 valence electrons. The van der Waals surface area contributed by atoms with E-state index in [9.17, 15) is 4.79 Å². The Kier molecular flexibility index (Phi) is 7.35. The molecule has 0 aliphatic heterocycles. The number of rotatable bonds is 6. The van der Waals surface area contributed by atoms with Gasteiger partial charge in [-0.05, 0) is 19.8 Å². The zero-order valence-corrected chi connectivity index (χ0v) is 7.58. The molecule has 0 heterocycles. The summed E-state index contributed by atoms with van der Waals surface area (Å²) in [6.45, 7) is 5.83. The number of carbonyl (C=O) groups excluding carboxylic acids is 1. The molecule has 0 unspecified atom stereocenters. The van der Waals surface area contributed by atoms with Crippen LogP contribution in [0.4, 0.5) is 0 Å². The molecule has 0 aromatic carbocycles. The van der Waals surface area contributed by atoms with Gasteiger partial charge in [0.1, 0.15) is 0 Å². The molecule has 12 heavy (non-hydrogen) atoms. The van der Waals surface area contributed by atoms with Crippen LogP contribution >= 0.6 is 0 Å². The Hall–Kier alpha value is -1.05. The minimum atomic E-state index is -0.107. The monoisotopic (exact) mass is 168 g/mol. The lowest BCUT2D eigenvalue weighted by Gasteiger charge is -1.98. The van der Waals surface area contributed by atoms with Crippen LogP contribution in [-0.4, -0.2) is 12.6 Å². The second-order valence-electron chi connectivity index (χ2n) is 2.36. The van der Waals surface area contributed by atoms with Gasteiger partial charge in [-0.15, -0.1) is 0 Å². The fourth-order valence-corrected chi connectivity index (χ4v) is 0.790. The molecule has 0 bridgehead atoms. The second-order valence-corrected chi connectivity index (χ2v) is 2.36. The molecule has 0 N–H and O–H groups in total. The van der Waals surface area contributed by atoms with Gasteiger partial charge in [-0.1, -0.05) is 24.8 Å².